The minimum Gasteiger partial charge on any atom is -0.400 e. The Bertz CT molecular complexity index is 6300. The average molecular weight is 1860 g/mol. The molecule has 0 saturated carbocycles. The van der Waals surface area contributed by atoms with E-state index in [1.165, 1.54) is 73.1 Å². The van der Waals surface area contributed by atoms with Gasteiger partial charge < -0.3 is 36.9 Å². The summed E-state index contributed by atoms with van der Waals surface area (Å²) in [5.41, 5.74) is 21.4. The van der Waals surface area contributed by atoms with Crippen LogP contribution in [0.25, 0.3) is 77.3 Å². The number of aromatic nitrogens is 8. The summed E-state index contributed by atoms with van der Waals surface area (Å²) in [6.45, 7) is 31.8. The topological polar surface area (TPSA) is 203 Å². The lowest BCUT2D eigenvalue weighted by molar-refractivity contribution is 0.00578. The highest BCUT2D eigenvalue weighted by Crippen LogP contribution is 2.39. The Kier molecular flexibility index (Phi) is 38.7. The molecule has 0 atom stereocenters. The van der Waals surface area contributed by atoms with Gasteiger partial charge in [-0.25, -0.2) is 19.9 Å². The van der Waals surface area contributed by atoms with Crippen LogP contribution in [0.2, 0.25) is 25.4 Å². The first kappa shape index (κ1) is 108. The number of benzene rings is 8. The van der Waals surface area contributed by atoms with Gasteiger partial charge in [-0.05, 0) is 243 Å². The fourth-order valence-electron chi connectivity index (χ4n) is 14.2. The molecular formula is C109H119B2Cl5N12O4. The molecule has 0 aliphatic carbocycles. The first-order chi connectivity index (χ1) is 59.7. The van der Waals surface area contributed by atoms with Crippen LogP contribution in [0.3, 0.4) is 0 Å². The zero-order chi connectivity index (χ0) is 89.1. The lowest BCUT2D eigenvalue weighted by Gasteiger charge is -2.32. The predicted molar refractivity (Wildman–Crippen MR) is 556 cm³/mol. The van der Waals surface area contributed by atoms with E-state index in [1.807, 2.05) is 45.9 Å². The zero-order valence-corrected chi connectivity index (χ0v) is 75.3. The number of hydrogen-bond donors (Lipinski definition) is 0. The number of fused-ring (bicyclic) bond motifs is 4. The van der Waals surface area contributed by atoms with Crippen LogP contribution in [-0.4, -0.2) is 74.8 Å². The van der Waals surface area contributed by atoms with Gasteiger partial charge in [-0.3, -0.25) is 0 Å². The lowest BCUT2D eigenvalue weighted by atomic mass is 9.78. The van der Waals surface area contributed by atoms with Gasteiger partial charge in [0.25, 0.3) is 0 Å². The third kappa shape index (κ3) is 27.0. The van der Waals surface area contributed by atoms with Crippen molar-refractivity contribution in [2.75, 3.05) is 0 Å². The summed E-state index contributed by atoms with van der Waals surface area (Å²) in [5, 5.41) is 42.3. The summed E-state index contributed by atoms with van der Waals surface area (Å²) >= 11 is 29.3. The van der Waals surface area contributed by atoms with E-state index in [4.69, 9.17) is 97.7 Å². The number of nitriles is 4. The van der Waals surface area contributed by atoms with E-state index >= 15 is 0 Å². The molecule has 8 aromatic heterocycles. The molecule has 2 aliphatic heterocycles. The molecular weight excluding hydrogens is 1740 g/mol. The maximum absolute atomic E-state index is 9.09. The highest BCUT2D eigenvalue weighted by atomic mass is 35.5. The van der Waals surface area contributed by atoms with E-state index in [9.17, 15) is 0 Å². The van der Waals surface area contributed by atoms with Gasteiger partial charge in [0.1, 0.15) is 57.4 Å². The maximum atomic E-state index is 9.09. The minimum atomic E-state index is -0.315. The van der Waals surface area contributed by atoms with Crippen molar-refractivity contribution >= 4 is 121 Å². The van der Waals surface area contributed by atoms with Gasteiger partial charge in [0, 0.05) is 115 Å². The Morgan fingerprint density at radius 2 is 0.598 bits per heavy atom. The Balaban J connectivity index is 0.000000248. The molecule has 10 heterocycles. The van der Waals surface area contributed by atoms with E-state index < -0.39 is 0 Å². The smallest absolute Gasteiger partial charge is 0.400 e. The molecule has 8 aromatic carbocycles. The first-order valence-corrected chi connectivity index (χ1v) is 42.5. The van der Waals surface area contributed by atoms with E-state index in [2.05, 4.69) is 325 Å². The van der Waals surface area contributed by atoms with Gasteiger partial charge in [-0.15, -0.1) is 6.58 Å². The second-order valence-electron chi connectivity index (χ2n) is 32.9. The number of pyridine rings is 4. The molecule has 2 saturated heterocycles. The molecule has 0 amide bonds. The van der Waals surface area contributed by atoms with Gasteiger partial charge in [0.2, 0.25) is 0 Å². The molecule has 18 rings (SSSR count). The van der Waals surface area contributed by atoms with Crippen LogP contribution >= 0.6 is 58.0 Å². The van der Waals surface area contributed by atoms with Crippen molar-refractivity contribution in [3.05, 3.63) is 373 Å². The van der Waals surface area contributed by atoms with Gasteiger partial charge in [-0.1, -0.05) is 266 Å². The van der Waals surface area contributed by atoms with Gasteiger partial charge in [0.05, 0.1) is 33.8 Å². The molecule has 680 valence electrons. The van der Waals surface area contributed by atoms with Gasteiger partial charge in [-0.2, -0.15) is 21.0 Å². The van der Waals surface area contributed by atoms with Crippen molar-refractivity contribution in [2.45, 2.75) is 184 Å². The van der Waals surface area contributed by atoms with Crippen molar-refractivity contribution in [1.29, 1.82) is 21.0 Å². The molecule has 0 bridgehead atoms. The second-order valence-corrected chi connectivity index (χ2v) is 35.0. The first-order valence-electron chi connectivity index (χ1n) is 40.6. The fourth-order valence-corrected chi connectivity index (χ4v) is 15.3. The highest BCUT2D eigenvalue weighted by Gasteiger charge is 2.52. The number of halogens is 5. The zero-order valence-electron chi connectivity index (χ0n) is 71.6. The van der Waals surface area contributed by atoms with Crippen LogP contribution in [0.15, 0.2) is 280 Å². The minimum absolute atomic E-state index is 0. The van der Waals surface area contributed by atoms with Crippen molar-refractivity contribution in [2.24, 2.45) is 0 Å². The summed E-state index contributed by atoms with van der Waals surface area (Å²) in [5.74, 6) is 1.68. The summed E-state index contributed by atoms with van der Waals surface area (Å²) in [4.78, 5) is 16.4. The van der Waals surface area contributed by atoms with E-state index in [1.54, 1.807) is 42.4 Å². The van der Waals surface area contributed by atoms with Gasteiger partial charge in [0.15, 0.2) is 0 Å². The largest absolute Gasteiger partial charge is 0.494 e. The van der Waals surface area contributed by atoms with Crippen LogP contribution in [0.1, 0.15) is 175 Å². The number of nitrogens with zero attached hydrogens (tertiary/aromatic N) is 12. The molecule has 16 aromatic rings. The van der Waals surface area contributed by atoms with Crippen LogP contribution in [0.5, 0.6) is 0 Å². The predicted octanol–water partition coefficient (Wildman–Crippen LogP) is 29.6. The van der Waals surface area contributed by atoms with Crippen molar-refractivity contribution in [3.8, 4) is 57.9 Å². The Labute approximate surface area is 807 Å². The quantitative estimate of drug-likeness (QED) is 0.0781. The molecule has 2 aliphatic rings. The van der Waals surface area contributed by atoms with Crippen molar-refractivity contribution < 1.29 is 18.6 Å². The number of rotatable bonds is 13. The van der Waals surface area contributed by atoms with E-state index in [0.717, 1.165) is 81.1 Å². The molecule has 0 unspecified atom stereocenters. The SMILES string of the molecule is C.C.C.C.C.C.C.C=CB1OC(C)(C)C(C)(C)O1.Cc1ccc(Cn2ccc3cc(-c4cc(Cl)cc(C#N)n4)ccc32)cc1.Cc1ccc(Cn2ccc3cc(-c4cc(Cl)cc(C#N)n4)ccc32)cc1.Cc1ccc(Cn2ccc3cc(-c4cc(Cl)nc(C#N)c4)ccc32)cc1.Cc1ccc(Cn2ccc3cc(B4OC(C)(C)C(C)(C)O4)ccc32)cc1.N#Cc1cc(Cl)cc(Cl)n1. The third-order valence-corrected chi connectivity index (χ3v) is 23.5. The molecule has 132 heavy (non-hydrogen) atoms. The van der Waals surface area contributed by atoms with Crippen molar-refractivity contribution in [3.63, 3.8) is 0 Å². The van der Waals surface area contributed by atoms with Crippen LogP contribution in [0, 0.1) is 73.0 Å². The summed E-state index contributed by atoms with van der Waals surface area (Å²) in [7, 11) is -0.565. The second kappa shape index (κ2) is 47.1. The van der Waals surface area contributed by atoms with Gasteiger partial charge >= 0.3 is 14.2 Å². The van der Waals surface area contributed by atoms with Crippen LogP contribution in [0.4, 0.5) is 0 Å². The maximum Gasteiger partial charge on any atom is 0.494 e. The Hall–Kier alpha value is -12.4. The normalized spacial score (nSPS) is 13.0. The Morgan fingerprint density at radius 3 is 0.917 bits per heavy atom. The summed E-state index contributed by atoms with van der Waals surface area (Å²) in [6.07, 6.45) is 8.45. The molecule has 16 nitrogen and oxygen atoms in total. The monoisotopic (exact) mass is 1860 g/mol. The Morgan fingerprint density at radius 1 is 0.318 bits per heavy atom. The lowest BCUT2D eigenvalue weighted by Crippen LogP contribution is -2.41. The fraction of sp³-hybridized carbons (Fsp3) is 0.248. The summed E-state index contributed by atoms with van der Waals surface area (Å²) < 4.78 is 32.5. The highest BCUT2D eigenvalue weighted by molar-refractivity contribution is 6.62. The van der Waals surface area contributed by atoms with E-state index in [0.29, 0.717) is 48.7 Å². The molecule has 0 spiro atoms. The molecule has 0 radical (unpaired) electrons. The molecule has 2 fully saturated rings. The number of hydrogen-bond acceptors (Lipinski definition) is 12. The van der Waals surface area contributed by atoms with E-state index in [-0.39, 0.29) is 99.5 Å². The molecule has 23 heteroatoms. The molecule has 0 N–H and O–H groups in total. The average Bonchev–Trinajstić information content (AvgIpc) is 1.60. The van der Waals surface area contributed by atoms with Crippen LogP contribution in [-0.2, 0) is 44.8 Å². The standard InChI is InChI=1S/C22H26BNO2.3C22H16ClN3.C8H15BO2.C6H2Cl2N2.7CH4/c1-16-6-8-17(9-7-16)15-24-13-12-18-14-19(10-11-20(18)24)23-25-21(2,3)22(4,5)26-23;2*1-15-2-4-16(5-3-15)14-26-9-8-18-10-17(6-7-22(18)26)21-12-19(23)11-20(13-24)25-21;1-15-2-4-16(5-3-15)14-26-9-8-18-10-17(6-7-21(18)26)19-11-20(13-24)25-22(23)12-19;1-6-9-10-7(2,3)8(4,5)11-9;7-4-1-5(3-9)10-6(8)2-4;;;;;;;/h6-14H,15H2,1-5H3;3*2-12H,14H2,1H3;6H,1H2,2-5H3;1-2H;7*1H4. The summed E-state index contributed by atoms with van der Waals surface area (Å²) in [6, 6.07) is 89.3. The van der Waals surface area contributed by atoms with Crippen LogP contribution < -0.4 is 5.46 Å². The van der Waals surface area contributed by atoms with Crippen molar-refractivity contribution in [1.82, 2.24) is 38.2 Å². The third-order valence-electron chi connectivity index (χ3n) is 22.5. The number of aryl methyl sites for hydroxylation is 4.